The van der Waals surface area contributed by atoms with Crippen molar-refractivity contribution in [3.63, 3.8) is 0 Å². The Morgan fingerprint density at radius 3 is 2.29 bits per heavy atom. The first-order valence-corrected chi connectivity index (χ1v) is 6.26. The van der Waals surface area contributed by atoms with E-state index >= 15 is 0 Å². The molecule has 5 heteroatoms. The number of hydrogen-bond donors (Lipinski definition) is 1. The van der Waals surface area contributed by atoms with Crippen LogP contribution < -0.4 is 5.32 Å². The van der Waals surface area contributed by atoms with Gasteiger partial charge in [-0.15, -0.1) is 10.2 Å². The van der Waals surface area contributed by atoms with Crippen LogP contribution in [-0.2, 0) is 0 Å². The maximum absolute atomic E-state index is 5.68. The van der Waals surface area contributed by atoms with E-state index in [9.17, 15) is 0 Å². The molecule has 17 heavy (non-hydrogen) atoms. The third kappa shape index (κ3) is 2.96. The standard InChI is InChI=1S/C12H11BrClN3/c1-7-5-9(6-8(2)12(7)13)15-11-4-3-10(14)16-17-11/h3-6H,1-2H3,(H,15,17). The van der Waals surface area contributed by atoms with Crippen LogP contribution in [0.15, 0.2) is 28.7 Å². The summed E-state index contributed by atoms with van der Waals surface area (Å²) in [6.07, 6.45) is 0. The lowest BCUT2D eigenvalue weighted by Crippen LogP contribution is -1.96. The zero-order valence-electron chi connectivity index (χ0n) is 9.46. The van der Waals surface area contributed by atoms with Gasteiger partial charge in [-0.25, -0.2) is 0 Å². The highest BCUT2D eigenvalue weighted by Crippen LogP contribution is 2.26. The smallest absolute Gasteiger partial charge is 0.153 e. The Hall–Kier alpha value is -1.13. The average molecular weight is 313 g/mol. The zero-order valence-corrected chi connectivity index (χ0v) is 11.8. The van der Waals surface area contributed by atoms with Gasteiger partial charge in [0.05, 0.1) is 0 Å². The Kier molecular flexibility index (Phi) is 3.64. The summed E-state index contributed by atoms with van der Waals surface area (Å²) in [6, 6.07) is 7.60. The first-order valence-electron chi connectivity index (χ1n) is 5.09. The number of nitrogens with one attached hydrogen (secondary N) is 1. The molecule has 1 aromatic heterocycles. The van der Waals surface area contributed by atoms with Gasteiger partial charge in [-0.2, -0.15) is 0 Å². The Bertz CT molecular complexity index is 517. The van der Waals surface area contributed by atoms with Gasteiger partial charge in [-0.05, 0) is 49.2 Å². The molecule has 0 saturated carbocycles. The second-order valence-electron chi connectivity index (χ2n) is 3.79. The second-order valence-corrected chi connectivity index (χ2v) is 4.97. The number of rotatable bonds is 2. The van der Waals surface area contributed by atoms with Gasteiger partial charge < -0.3 is 5.32 Å². The fraction of sp³-hybridized carbons (Fsp3) is 0.167. The average Bonchev–Trinajstić information content (AvgIpc) is 2.29. The Balaban J connectivity index is 2.27. The van der Waals surface area contributed by atoms with Gasteiger partial charge in [0.15, 0.2) is 11.0 Å². The van der Waals surface area contributed by atoms with Crippen LogP contribution in [0.5, 0.6) is 0 Å². The first-order chi connectivity index (χ1) is 8.06. The highest BCUT2D eigenvalue weighted by Gasteiger charge is 2.03. The Labute approximate surface area is 113 Å². The molecule has 3 nitrogen and oxygen atoms in total. The second kappa shape index (κ2) is 5.02. The van der Waals surface area contributed by atoms with E-state index in [1.807, 2.05) is 12.1 Å². The number of hydrogen-bond acceptors (Lipinski definition) is 3. The van der Waals surface area contributed by atoms with E-state index in [1.54, 1.807) is 12.1 Å². The number of benzene rings is 1. The van der Waals surface area contributed by atoms with Crippen molar-refractivity contribution in [3.8, 4) is 0 Å². The van der Waals surface area contributed by atoms with E-state index in [0.29, 0.717) is 11.0 Å². The summed E-state index contributed by atoms with van der Waals surface area (Å²) in [5.74, 6) is 0.676. The maximum atomic E-state index is 5.68. The van der Waals surface area contributed by atoms with Crippen molar-refractivity contribution in [1.82, 2.24) is 10.2 Å². The summed E-state index contributed by atoms with van der Waals surface area (Å²) < 4.78 is 1.13. The maximum Gasteiger partial charge on any atom is 0.153 e. The predicted octanol–water partition coefficient (Wildman–Crippen LogP) is 4.25. The summed E-state index contributed by atoms with van der Waals surface area (Å²) in [7, 11) is 0. The summed E-state index contributed by atoms with van der Waals surface area (Å²) in [5.41, 5.74) is 3.34. The molecule has 0 unspecified atom stereocenters. The quantitative estimate of drug-likeness (QED) is 0.900. The van der Waals surface area contributed by atoms with Crippen LogP contribution in [0.1, 0.15) is 11.1 Å². The van der Waals surface area contributed by atoms with Crippen LogP contribution in [0.4, 0.5) is 11.5 Å². The fourth-order valence-corrected chi connectivity index (χ4v) is 1.88. The van der Waals surface area contributed by atoms with Crippen molar-refractivity contribution in [1.29, 1.82) is 0 Å². The van der Waals surface area contributed by atoms with Gasteiger partial charge in [-0.3, -0.25) is 0 Å². The van der Waals surface area contributed by atoms with Crippen molar-refractivity contribution in [2.75, 3.05) is 5.32 Å². The molecule has 0 amide bonds. The molecule has 2 aromatic rings. The molecule has 0 saturated heterocycles. The molecule has 0 spiro atoms. The summed E-state index contributed by atoms with van der Waals surface area (Å²) in [4.78, 5) is 0. The van der Waals surface area contributed by atoms with Crippen molar-refractivity contribution in [2.24, 2.45) is 0 Å². The Morgan fingerprint density at radius 2 is 1.76 bits per heavy atom. The van der Waals surface area contributed by atoms with E-state index in [1.165, 1.54) is 11.1 Å². The van der Waals surface area contributed by atoms with Crippen LogP contribution in [0.3, 0.4) is 0 Å². The molecular formula is C12H11BrClN3. The summed E-state index contributed by atoms with van der Waals surface area (Å²) in [6.45, 7) is 4.10. The molecule has 1 N–H and O–H groups in total. The van der Waals surface area contributed by atoms with Gasteiger partial charge >= 0.3 is 0 Å². The largest absolute Gasteiger partial charge is 0.339 e. The minimum absolute atomic E-state index is 0.388. The van der Waals surface area contributed by atoms with E-state index < -0.39 is 0 Å². The molecule has 0 aliphatic carbocycles. The molecule has 0 radical (unpaired) electrons. The molecule has 88 valence electrons. The Morgan fingerprint density at radius 1 is 1.12 bits per heavy atom. The molecule has 1 heterocycles. The van der Waals surface area contributed by atoms with Gasteiger partial charge in [0.2, 0.25) is 0 Å². The van der Waals surface area contributed by atoms with E-state index in [-0.39, 0.29) is 0 Å². The molecule has 0 fully saturated rings. The van der Waals surface area contributed by atoms with Gasteiger partial charge in [0.1, 0.15) is 0 Å². The van der Waals surface area contributed by atoms with Gasteiger partial charge in [-0.1, -0.05) is 27.5 Å². The van der Waals surface area contributed by atoms with Crippen LogP contribution >= 0.6 is 27.5 Å². The molecule has 0 bridgehead atoms. The topological polar surface area (TPSA) is 37.8 Å². The zero-order chi connectivity index (χ0) is 12.4. The van der Waals surface area contributed by atoms with Crippen LogP contribution in [-0.4, -0.2) is 10.2 Å². The number of aromatic nitrogens is 2. The van der Waals surface area contributed by atoms with Crippen LogP contribution in [0.2, 0.25) is 5.15 Å². The normalized spacial score (nSPS) is 10.4. The lowest BCUT2D eigenvalue weighted by atomic mass is 10.1. The number of halogens is 2. The fourth-order valence-electron chi connectivity index (χ4n) is 1.55. The van der Waals surface area contributed by atoms with Crippen molar-refractivity contribution in [3.05, 3.63) is 45.0 Å². The van der Waals surface area contributed by atoms with E-state index in [2.05, 4.69) is 45.3 Å². The molecule has 1 aromatic carbocycles. The van der Waals surface area contributed by atoms with Crippen LogP contribution in [0.25, 0.3) is 0 Å². The lowest BCUT2D eigenvalue weighted by Gasteiger charge is -2.09. The molecule has 0 aliphatic rings. The van der Waals surface area contributed by atoms with Crippen molar-refractivity contribution >= 4 is 39.0 Å². The first kappa shape index (κ1) is 12.3. The molecule has 0 aliphatic heterocycles. The van der Waals surface area contributed by atoms with Crippen LogP contribution in [0, 0.1) is 13.8 Å². The minimum atomic E-state index is 0.388. The number of aryl methyl sites for hydroxylation is 2. The highest BCUT2D eigenvalue weighted by atomic mass is 79.9. The lowest BCUT2D eigenvalue weighted by molar-refractivity contribution is 1.04. The van der Waals surface area contributed by atoms with Crippen molar-refractivity contribution in [2.45, 2.75) is 13.8 Å². The third-order valence-corrected chi connectivity index (χ3v) is 3.79. The minimum Gasteiger partial charge on any atom is -0.339 e. The highest BCUT2D eigenvalue weighted by molar-refractivity contribution is 9.10. The molecule has 0 atom stereocenters. The summed E-state index contributed by atoms with van der Waals surface area (Å²) in [5, 5.41) is 11.3. The van der Waals surface area contributed by atoms with E-state index in [0.717, 1.165) is 10.2 Å². The molecule has 2 rings (SSSR count). The molecular weight excluding hydrogens is 302 g/mol. The van der Waals surface area contributed by atoms with Gasteiger partial charge in [0, 0.05) is 10.2 Å². The predicted molar refractivity (Wildman–Crippen MR) is 73.9 cm³/mol. The SMILES string of the molecule is Cc1cc(Nc2ccc(Cl)nn2)cc(C)c1Br. The monoisotopic (exact) mass is 311 g/mol. The third-order valence-electron chi connectivity index (χ3n) is 2.34. The van der Waals surface area contributed by atoms with Crippen molar-refractivity contribution < 1.29 is 0 Å². The number of nitrogens with zero attached hydrogens (tertiary/aromatic N) is 2. The van der Waals surface area contributed by atoms with E-state index in [4.69, 9.17) is 11.6 Å². The number of anilines is 2. The summed E-state index contributed by atoms with van der Waals surface area (Å²) >= 11 is 9.21. The van der Waals surface area contributed by atoms with Gasteiger partial charge in [0.25, 0.3) is 0 Å².